The molecular formula is C14H21ClN4OS. The van der Waals surface area contributed by atoms with Crippen LogP contribution < -0.4 is 0 Å². The van der Waals surface area contributed by atoms with Crippen molar-refractivity contribution >= 4 is 29.0 Å². The Morgan fingerprint density at radius 1 is 1.33 bits per heavy atom. The summed E-state index contributed by atoms with van der Waals surface area (Å²) in [6.07, 6.45) is 5.19. The van der Waals surface area contributed by atoms with Crippen molar-refractivity contribution in [2.45, 2.75) is 57.7 Å². The zero-order valence-electron chi connectivity index (χ0n) is 12.3. The number of rotatable bonds is 4. The third-order valence-corrected chi connectivity index (χ3v) is 5.63. The fraction of sp³-hybridized carbons (Fsp3) is 0.786. The average molecular weight is 329 g/mol. The Kier molecular flexibility index (Phi) is 4.76. The van der Waals surface area contributed by atoms with E-state index >= 15 is 0 Å². The SMILES string of the molecule is CCC(=O)N1CCCC1C1CCCN1Cc1nnsc1Cl. The lowest BCUT2D eigenvalue weighted by Gasteiger charge is -2.34. The van der Waals surface area contributed by atoms with Crippen LogP contribution in [0.4, 0.5) is 0 Å². The van der Waals surface area contributed by atoms with Crippen molar-refractivity contribution < 1.29 is 4.79 Å². The highest BCUT2D eigenvalue weighted by Crippen LogP contribution is 2.32. The van der Waals surface area contributed by atoms with Crippen molar-refractivity contribution in [2.75, 3.05) is 13.1 Å². The molecule has 5 nitrogen and oxygen atoms in total. The molecule has 3 heterocycles. The third kappa shape index (κ3) is 3.07. The van der Waals surface area contributed by atoms with Crippen molar-refractivity contribution in [3.05, 3.63) is 10.0 Å². The first kappa shape index (κ1) is 15.2. The molecule has 2 aliphatic rings. The monoisotopic (exact) mass is 328 g/mol. The van der Waals surface area contributed by atoms with Gasteiger partial charge in [0.1, 0.15) is 10.0 Å². The number of aromatic nitrogens is 2. The first-order valence-corrected chi connectivity index (χ1v) is 8.86. The average Bonchev–Trinajstić information content (AvgIpc) is 3.20. The molecule has 1 aromatic rings. The van der Waals surface area contributed by atoms with Gasteiger partial charge in [-0.2, -0.15) is 0 Å². The van der Waals surface area contributed by atoms with Gasteiger partial charge >= 0.3 is 0 Å². The molecule has 116 valence electrons. The number of nitrogens with zero attached hydrogens (tertiary/aromatic N) is 4. The van der Waals surface area contributed by atoms with E-state index in [1.165, 1.54) is 18.0 Å². The lowest BCUT2D eigenvalue weighted by Crippen LogP contribution is -2.47. The van der Waals surface area contributed by atoms with E-state index in [2.05, 4.69) is 19.4 Å². The summed E-state index contributed by atoms with van der Waals surface area (Å²) in [4.78, 5) is 16.7. The van der Waals surface area contributed by atoms with Gasteiger partial charge in [0, 0.05) is 43.1 Å². The van der Waals surface area contributed by atoms with Crippen LogP contribution >= 0.6 is 23.1 Å². The van der Waals surface area contributed by atoms with Crippen LogP contribution in [0.3, 0.4) is 0 Å². The van der Waals surface area contributed by atoms with Crippen molar-refractivity contribution in [2.24, 2.45) is 0 Å². The molecule has 2 atom stereocenters. The van der Waals surface area contributed by atoms with Gasteiger partial charge in [0.15, 0.2) is 0 Å². The van der Waals surface area contributed by atoms with E-state index in [-0.39, 0.29) is 5.91 Å². The summed E-state index contributed by atoms with van der Waals surface area (Å²) in [5.41, 5.74) is 0.875. The van der Waals surface area contributed by atoms with E-state index < -0.39 is 0 Å². The fourth-order valence-corrected chi connectivity index (χ4v) is 4.28. The summed E-state index contributed by atoms with van der Waals surface area (Å²) in [6.45, 7) is 4.68. The van der Waals surface area contributed by atoms with E-state index in [9.17, 15) is 4.79 Å². The van der Waals surface area contributed by atoms with E-state index in [4.69, 9.17) is 11.6 Å². The van der Waals surface area contributed by atoms with Gasteiger partial charge in [-0.05, 0) is 32.2 Å². The summed E-state index contributed by atoms with van der Waals surface area (Å²) >= 11 is 7.37. The minimum absolute atomic E-state index is 0.290. The van der Waals surface area contributed by atoms with Gasteiger partial charge in [-0.3, -0.25) is 9.69 Å². The maximum atomic E-state index is 12.1. The second-order valence-electron chi connectivity index (χ2n) is 5.82. The Morgan fingerprint density at radius 2 is 2.10 bits per heavy atom. The van der Waals surface area contributed by atoms with Crippen LogP contribution in [0.15, 0.2) is 0 Å². The molecular weight excluding hydrogens is 308 g/mol. The third-order valence-electron chi connectivity index (χ3n) is 4.64. The van der Waals surface area contributed by atoms with E-state index in [0.29, 0.717) is 22.8 Å². The Balaban J connectivity index is 1.71. The molecule has 0 saturated carbocycles. The molecule has 2 unspecified atom stereocenters. The molecule has 2 aliphatic heterocycles. The van der Waals surface area contributed by atoms with E-state index in [0.717, 1.165) is 44.6 Å². The molecule has 3 rings (SSSR count). The molecule has 1 aromatic heterocycles. The summed E-state index contributed by atoms with van der Waals surface area (Å²) < 4.78 is 4.60. The van der Waals surface area contributed by atoms with Crippen molar-refractivity contribution in [3.63, 3.8) is 0 Å². The summed E-state index contributed by atoms with van der Waals surface area (Å²) in [6, 6.07) is 0.811. The zero-order valence-corrected chi connectivity index (χ0v) is 13.9. The van der Waals surface area contributed by atoms with Crippen LogP contribution in [0, 0.1) is 0 Å². The number of carbonyl (C=O) groups is 1. The molecule has 0 aliphatic carbocycles. The topological polar surface area (TPSA) is 49.3 Å². The predicted octanol–water partition coefficient (Wildman–Crippen LogP) is 2.56. The van der Waals surface area contributed by atoms with Crippen LogP contribution in [0.5, 0.6) is 0 Å². The smallest absolute Gasteiger partial charge is 0.222 e. The van der Waals surface area contributed by atoms with Crippen molar-refractivity contribution in [1.29, 1.82) is 0 Å². The van der Waals surface area contributed by atoms with Crippen LogP contribution in [0.25, 0.3) is 0 Å². The number of halogens is 1. The quantitative estimate of drug-likeness (QED) is 0.852. The maximum absolute atomic E-state index is 12.1. The fourth-order valence-electron chi connectivity index (χ4n) is 3.67. The van der Waals surface area contributed by atoms with Crippen LogP contribution in [0.2, 0.25) is 4.34 Å². The van der Waals surface area contributed by atoms with E-state index in [1.54, 1.807) is 0 Å². The van der Waals surface area contributed by atoms with Crippen molar-refractivity contribution in [1.82, 2.24) is 19.4 Å². The molecule has 2 fully saturated rings. The highest BCUT2D eigenvalue weighted by Gasteiger charge is 2.39. The number of hydrogen-bond donors (Lipinski definition) is 0. The van der Waals surface area contributed by atoms with Crippen molar-refractivity contribution in [3.8, 4) is 0 Å². The predicted molar refractivity (Wildman–Crippen MR) is 83.4 cm³/mol. The summed E-state index contributed by atoms with van der Waals surface area (Å²) in [7, 11) is 0. The normalized spacial score (nSPS) is 26.7. The van der Waals surface area contributed by atoms with Crippen LogP contribution in [-0.4, -0.2) is 50.5 Å². The molecule has 0 aromatic carbocycles. The van der Waals surface area contributed by atoms with Gasteiger partial charge in [0.25, 0.3) is 0 Å². The molecule has 0 N–H and O–H groups in total. The first-order valence-electron chi connectivity index (χ1n) is 7.71. The Bertz CT molecular complexity index is 509. The number of likely N-dealkylation sites (tertiary alicyclic amines) is 2. The second kappa shape index (κ2) is 6.58. The minimum atomic E-state index is 0.290. The van der Waals surface area contributed by atoms with Gasteiger partial charge in [-0.15, -0.1) is 5.10 Å². The maximum Gasteiger partial charge on any atom is 0.222 e. The Morgan fingerprint density at radius 3 is 2.81 bits per heavy atom. The largest absolute Gasteiger partial charge is 0.338 e. The van der Waals surface area contributed by atoms with Gasteiger partial charge in [0.2, 0.25) is 5.91 Å². The Hall–Kier alpha value is -0.720. The lowest BCUT2D eigenvalue weighted by atomic mass is 10.0. The standard InChI is InChI=1S/C14H21ClN4OS/c1-2-13(20)19-8-4-6-12(19)11-5-3-7-18(11)9-10-14(15)21-17-16-10/h11-12H,2-9H2,1H3. The van der Waals surface area contributed by atoms with Gasteiger partial charge in [-0.25, -0.2) is 0 Å². The first-order chi connectivity index (χ1) is 10.2. The molecule has 0 radical (unpaired) electrons. The zero-order chi connectivity index (χ0) is 14.8. The highest BCUT2D eigenvalue weighted by atomic mass is 35.5. The molecule has 7 heteroatoms. The molecule has 1 amide bonds. The summed E-state index contributed by atoms with van der Waals surface area (Å²) in [5, 5.41) is 4.12. The number of amides is 1. The minimum Gasteiger partial charge on any atom is -0.338 e. The Labute approximate surface area is 134 Å². The molecule has 21 heavy (non-hydrogen) atoms. The molecule has 0 spiro atoms. The van der Waals surface area contributed by atoms with E-state index in [1.807, 2.05) is 6.92 Å². The van der Waals surface area contributed by atoms with Gasteiger partial charge < -0.3 is 4.90 Å². The molecule has 2 saturated heterocycles. The van der Waals surface area contributed by atoms with Gasteiger partial charge in [0.05, 0.1) is 0 Å². The molecule has 0 bridgehead atoms. The number of carbonyl (C=O) groups excluding carboxylic acids is 1. The second-order valence-corrected chi connectivity index (χ2v) is 7.18. The van der Waals surface area contributed by atoms with Crippen LogP contribution in [0.1, 0.15) is 44.7 Å². The highest BCUT2D eigenvalue weighted by molar-refractivity contribution is 7.10. The van der Waals surface area contributed by atoms with Gasteiger partial charge in [-0.1, -0.05) is 23.0 Å². The van der Waals surface area contributed by atoms with Crippen LogP contribution in [-0.2, 0) is 11.3 Å². The summed E-state index contributed by atoms with van der Waals surface area (Å²) in [5.74, 6) is 0.290. The lowest BCUT2D eigenvalue weighted by molar-refractivity contribution is -0.132. The number of hydrogen-bond acceptors (Lipinski definition) is 5.